The maximum Gasteiger partial charge on any atom is 0.184 e. The van der Waals surface area contributed by atoms with Crippen molar-refractivity contribution in [2.75, 3.05) is 11.9 Å². The van der Waals surface area contributed by atoms with Crippen LogP contribution in [0.2, 0.25) is 5.15 Å². The number of hydrogen-bond acceptors (Lipinski definition) is 3. The summed E-state index contributed by atoms with van der Waals surface area (Å²) in [6.45, 7) is 0.855. The van der Waals surface area contributed by atoms with E-state index in [1.165, 1.54) is 11.3 Å². The van der Waals surface area contributed by atoms with Gasteiger partial charge in [0.25, 0.3) is 0 Å². The van der Waals surface area contributed by atoms with Crippen molar-refractivity contribution in [1.29, 1.82) is 0 Å². The van der Waals surface area contributed by atoms with Gasteiger partial charge in [-0.3, -0.25) is 0 Å². The largest absolute Gasteiger partial charge is 0.361 e. The first-order valence-corrected chi connectivity index (χ1v) is 4.87. The Kier molecular flexibility index (Phi) is 3.92. The molecule has 0 spiro atoms. The van der Waals surface area contributed by atoms with Crippen LogP contribution in [0, 0.1) is 12.3 Å². The van der Waals surface area contributed by atoms with Gasteiger partial charge in [0.15, 0.2) is 5.13 Å². The minimum atomic E-state index is 0.541. The van der Waals surface area contributed by atoms with Crippen molar-refractivity contribution in [3.05, 3.63) is 10.5 Å². The van der Waals surface area contributed by atoms with Gasteiger partial charge in [0.2, 0.25) is 0 Å². The van der Waals surface area contributed by atoms with Crippen LogP contribution < -0.4 is 5.32 Å². The van der Waals surface area contributed by atoms with E-state index in [0.29, 0.717) is 5.15 Å². The molecule has 0 unspecified atom stereocenters. The number of terminal acetylenes is 1. The topological polar surface area (TPSA) is 24.9 Å². The summed E-state index contributed by atoms with van der Waals surface area (Å²) >= 11 is 7.13. The summed E-state index contributed by atoms with van der Waals surface area (Å²) in [4.78, 5) is 4.03. The lowest BCUT2D eigenvalue weighted by molar-refractivity contribution is 0.905. The van der Waals surface area contributed by atoms with E-state index in [0.717, 1.165) is 24.5 Å². The number of thiazole rings is 1. The van der Waals surface area contributed by atoms with Crippen LogP contribution in [0.15, 0.2) is 5.38 Å². The first-order valence-electron chi connectivity index (χ1n) is 3.61. The molecule has 1 heterocycles. The minimum Gasteiger partial charge on any atom is -0.361 e. The molecule has 1 N–H and O–H groups in total. The van der Waals surface area contributed by atoms with E-state index >= 15 is 0 Å². The molecular formula is C8H9ClN2S. The molecule has 0 aliphatic heterocycles. The van der Waals surface area contributed by atoms with Gasteiger partial charge < -0.3 is 5.32 Å². The number of nitrogens with one attached hydrogen (secondary N) is 1. The molecule has 12 heavy (non-hydrogen) atoms. The lowest BCUT2D eigenvalue weighted by Gasteiger charge is -1.97. The fourth-order valence-electron chi connectivity index (χ4n) is 0.721. The molecule has 0 aromatic carbocycles. The Hall–Kier alpha value is -0.720. The third kappa shape index (κ3) is 3.12. The summed E-state index contributed by atoms with van der Waals surface area (Å²) in [5.41, 5.74) is 0. The summed E-state index contributed by atoms with van der Waals surface area (Å²) in [6.07, 6.45) is 6.86. The molecule has 64 valence electrons. The summed E-state index contributed by atoms with van der Waals surface area (Å²) < 4.78 is 0. The van der Waals surface area contributed by atoms with Crippen LogP contribution in [0.3, 0.4) is 0 Å². The Balaban J connectivity index is 2.21. The molecule has 4 heteroatoms. The molecule has 0 saturated carbocycles. The highest BCUT2D eigenvalue weighted by Crippen LogP contribution is 2.18. The van der Waals surface area contributed by atoms with E-state index in [9.17, 15) is 0 Å². The molecule has 0 radical (unpaired) electrons. The van der Waals surface area contributed by atoms with Gasteiger partial charge in [-0.1, -0.05) is 11.6 Å². The molecule has 0 aliphatic rings. The third-order valence-electron chi connectivity index (χ3n) is 1.25. The molecule has 0 saturated heterocycles. The zero-order valence-electron chi connectivity index (χ0n) is 6.51. The van der Waals surface area contributed by atoms with Gasteiger partial charge in [-0.25, -0.2) is 4.98 Å². The minimum absolute atomic E-state index is 0.541. The van der Waals surface area contributed by atoms with Crippen LogP contribution in [0.4, 0.5) is 5.13 Å². The van der Waals surface area contributed by atoms with Crippen LogP contribution in [-0.4, -0.2) is 11.5 Å². The number of hydrogen-bond donors (Lipinski definition) is 1. The fourth-order valence-corrected chi connectivity index (χ4v) is 1.59. The summed E-state index contributed by atoms with van der Waals surface area (Å²) in [5, 5.41) is 6.32. The summed E-state index contributed by atoms with van der Waals surface area (Å²) in [5.74, 6) is 2.58. The van der Waals surface area contributed by atoms with E-state index in [4.69, 9.17) is 18.0 Å². The molecule has 0 aliphatic carbocycles. The van der Waals surface area contributed by atoms with Crippen molar-refractivity contribution < 1.29 is 0 Å². The Bertz CT molecular complexity index is 277. The van der Waals surface area contributed by atoms with Gasteiger partial charge in [0.05, 0.1) is 0 Å². The van der Waals surface area contributed by atoms with Gasteiger partial charge in [-0.2, -0.15) is 0 Å². The van der Waals surface area contributed by atoms with Crippen molar-refractivity contribution in [2.24, 2.45) is 0 Å². The van der Waals surface area contributed by atoms with Crippen LogP contribution in [-0.2, 0) is 0 Å². The lowest BCUT2D eigenvalue weighted by atomic mass is 10.3. The predicted octanol–water partition coefficient (Wildman–Crippen LogP) is 2.62. The molecule has 1 rings (SSSR count). The Morgan fingerprint density at radius 1 is 1.75 bits per heavy atom. The number of anilines is 1. The molecule has 0 amide bonds. The molecule has 0 fully saturated rings. The normalized spacial score (nSPS) is 9.33. The van der Waals surface area contributed by atoms with Crippen molar-refractivity contribution in [3.8, 4) is 12.3 Å². The standard InChI is InChI=1S/C8H9ClN2S/c1-2-3-4-5-10-8-11-7(9)6-12-8/h1,6H,3-5H2,(H,10,11). The first-order chi connectivity index (χ1) is 5.83. The molecular weight excluding hydrogens is 192 g/mol. The molecule has 0 atom stereocenters. The molecule has 1 aromatic heterocycles. The highest BCUT2D eigenvalue weighted by molar-refractivity contribution is 7.14. The molecule has 1 aromatic rings. The number of halogens is 1. The van der Waals surface area contributed by atoms with Gasteiger partial charge in [0.1, 0.15) is 5.15 Å². The van der Waals surface area contributed by atoms with E-state index in [2.05, 4.69) is 16.2 Å². The van der Waals surface area contributed by atoms with E-state index < -0.39 is 0 Å². The van der Waals surface area contributed by atoms with E-state index in [1.54, 1.807) is 5.38 Å². The fraction of sp³-hybridized carbons (Fsp3) is 0.375. The van der Waals surface area contributed by atoms with Crippen molar-refractivity contribution in [2.45, 2.75) is 12.8 Å². The average Bonchev–Trinajstić information content (AvgIpc) is 2.45. The highest BCUT2D eigenvalue weighted by Gasteiger charge is 1.96. The number of nitrogens with zero attached hydrogens (tertiary/aromatic N) is 1. The highest BCUT2D eigenvalue weighted by atomic mass is 35.5. The van der Waals surface area contributed by atoms with Crippen LogP contribution in [0.25, 0.3) is 0 Å². The second kappa shape index (κ2) is 5.02. The zero-order chi connectivity index (χ0) is 8.81. The van der Waals surface area contributed by atoms with Crippen molar-refractivity contribution >= 4 is 28.1 Å². The number of unbranched alkanes of at least 4 members (excludes halogenated alkanes) is 1. The van der Waals surface area contributed by atoms with E-state index in [1.807, 2.05) is 0 Å². The SMILES string of the molecule is C#CCCCNc1nc(Cl)cs1. The van der Waals surface area contributed by atoms with Crippen LogP contribution in [0.5, 0.6) is 0 Å². The smallest absolute Gasteiger partial charge is 0.184 e. The second-order valence-electron chi connectivity index (χ2n) is 2.21. The van der Waals surface area contributed by atoms with Crippen molar-refractivity contribution in [3.63, 3.8) is 0 Å². The van der Waals surface area contributed by atoms with E-state index in [-0.39, 0.29) is 0 Å². The van der Waals surface area contributed by atoms with Crippen LogP contribution in [0.1, 0.15) is 12.8 Å². The Morgan fingerprint density at radius 2 is 2.58 bits per heavy atom. The maximum atomic E-state index is 5.63. The number of aromatic nitrogens is 1. The van der Waals surface area contributed by atoms with Gasteiger partial charge in [-0.05, 0) is 6.42 Å². The Labute approximate surface area is 81.0 Å². The lowest BCUT2D eigenvalue weighted by Crippen LogP contribution is -1.99. The van der Waals surface area contributed by atoms with Crippen molar-refractivity contribution in [1.82, 2.24) is 4.98 Å². The molecule has 0 bridgehead atoms. The maximum absolute atomic E-state index is 5.63. The Morgan fingerprint density at radius 3 is 3.17 bits per heavy atom. The molecule has 2 nitrogen and oxygen atoms in total. The summed E-state index contributed by atoms with van der Waals surface area (Å²) in [6, 6.07) is 0. The third-order valence-corrected chi connectivity index (χ3v) is 2.37. The predicted molar refractivity (Wildman–Crippen MR) is 53.7 cm³/mol. The number of rotatable bonds is 4. The monoisotopic (exact) mass is 200 g/mol. The second-order valence-corrected chi connectivity index (χ2v) is 3.46. The van der Waals surface area contributed by atoms with Gasteiger partial charge >= 0.3 is 0 Å². The quantitative estimate of drug-likeness (QED) is 0.597. The zero-order valence-corrected chi connectivity index (χ0v) is 8.08. The average molecular weight is 201 g/mol. The first kappa shape index (κ1) is 9.37. The van der Waals surface area contributed by atoms with Crippen LogP contribution >= 0.6 is 22.9 Å². The summed E-state index contributed by atoms with van der Waals surface area (Å²) in [7, 11) is 0. The van der Waals surface area contributed by atoms with Gasteiger partial charge in [-0.15, -0.1) is 23.7 Å². The van der Waals surface area contributed by atoms with Gasteiger partial charge in [0, 0.05) is 18.3 Å².